The van der Waals surface area contributed by atoms with Crippen LogP contribution in [-0.2, 0) is 27.0 Å². The number of ketones is 2. The Morgan fingerprint density at radius 2 is 1.64 bits per heavy atom. The molecule has 0 spiro atoms. The Hall–Kier alpha value is -4.50. The molecule has 4 atom stereocenters. The average Bonchev–Trinajstić information content (AvgIpc) is 3.50. The van der Waals surface area contributed by atoms with Crippen molar-refractivity contribution in [1.29, 1.82) is 0 Å². The van der Waals surface area contributed by atoms with Crippen molar-refractivity contribution in [1.82, 2.24) is 10.1 Å². The first-order valence-corrected chi connectivity index (χ1v) is 21.8. The molecule has 0 saturated heterocycles. The first-order chi connectivity index (χ1) is 26.0. The average molecular weight is 790 g/mol. The van der Waals surface area contributed by atoms with Gasteiger partial charge in [0, 0.05) is 31.1 Å². The van der Waals surface area contributed by atoms with Crippen LogP contribution in [0.2, 0.25) is 18.1 Å². The maximum atomic E-state index is 15.9. The zero-order valence-corrected chi connectivity index (χ0v) is 35.5. The van der Waals surface area contributed by atoms with Crippen LogP contribution < -0.4 is 14.4 Å². The van der Waals surface area contributed by atoms with Crippen molar-refractivity contribution < 1.29 is 47.8 Å². The Labute approximate surface area is 329 Å². The fourth-order valence-corrected chi connectivity index (χ4v) is 9.63. The van der Waals surface area contributed by atoms with Gasteiger partial charge in [0.05, 0.1) is 23.8 Å². The van der Waals surface area contributed by atoms with Crippen LogP contribution in [0.1, 0.15) is 86.8 Å². The summed E-state index contributed by atoms with van der Waals surface area (Å²) in [5.41, 5.74) is -2.44. The van der Waals surface area contributed by atoms with E-state index in [1.54, 1.807) is 26.8 Å². The third-order valence-electron chi connectivity index (χ3n) is 11.7. The van der Waals surface area contributed by atoms with Gasteiger partial charge in [-0.05, 0) is 94.3 Å². The number of Topliss-reactive ketones (excluding diaryl/α,β-unsaturated/α-hetero) is 2. The number of aliphatic hydroxyl groups is 2. The molecule has 1 fully saturated rings. The fraction of sp³-hybridized carbons (Fsp3) is 0.524. The number of carbonyl (C=O) groups excluding carboxylic acids is 3. The van der Waals surface area contributed by atoms with Crippen molar-refractivity contribution in [2.24, 2.45) is 11.3 Å². The predicted molar refractivity (Wildman–Crippen MR) is 213 cm³/mol. The molecule has 1 heterocycles. The van der Waals surface area contributed by atoms with E-state index in [2.05, 4.69) is 5.16 Å². The molecule has 6 rings (SSSR count). The minimum absolute atomic E-state index is 0.000389. The number of anilines is 1. The lowest BCUT2D eigenvalue weighted by Crippen LogP contribution is -2.70. The molecule has 1 saturated carbocycles. The van der Waals surface area contributed by atoms with Crippen LogP contribution >= 0.6 is 0 Å². The van der Waals surface area contributed by atoms with Gasteiger partial charge in [-0.15, -0.1) is 0 Å². The van der Waals surface area contributed by atoms with Gasteiger partial charge in [-0.3, -0.25) is 14.5 Å². The van der Waals surface area contributed by atoms with Gasteiger partial charge in [0.15, 0.2) is 19.7 Å². The van der Waals surface area contributed by atoms with Crippen molar-refractivity contribution in [2.75, 3.05) is 39.7 Å². The number of hydrogen-bond acceptors (Lipinski definition) is 13. The molecular weight excluding hydrogens is 735 g/mol. The number of rotatable bonds is 9. The number of nitrogens with zero attached hydrogens (tertiary/aromatic N) is 3. The predicted octanol–water partition coefficient (Wildman–Crippen LogP) is 7.29. The summed E-state index contributed by atoms with van der Waals surface area (Å²) >= 11 is 0. The highest BCUT2D eigenvalue weighted by molar-refractivity contribution is 6.74. The molecule has 3 aromatic rings. The number of aromatic nitrogens is 1. The summed E-state index contributed by atoms with van der Waals surface area (Å²) in [6.45, 7) is 14.6. The molecule has 56 heavy (non-hydrogen) atoms. The number of aliphatic hydroxyl groups excluding tert-OH is 2. The molecule has 2 N–H and O–H groups in total. The second kappa shape index (κ2) is 14.2. The summed E-state index contributed by atoms with van der Waals surface area (Å²) in [5, 5.41) is 27.9. The number of hydrogen-bond donors (Lipinski definition) is 2. The Bertz CT molecular complexity index is 2080. The largest absolute Gasteiger partial charge is 0.514 e. The quantitative estimate of drug-likeness (QED) is 0.0964. The van der Waals surface area contributed by atoms with Crippen LogP contribution in [0.5, 0.6) is 11.6 Å². The molecule has 0 radical (unpaired) electrons. The molecule has 13 nitrogen and oxygen atoms in total. The normalized spacial score (nSPS) is 23.6. The van der Waals surface area contributed by atoms with E-state index >= 15 is 9.59 Å². The van der Waals surface area contributed by atoms with Gasteiger partial charge < -0.3 is 38.3 Å². The van der Waals surface area contributed by atoms with Gasteiger partial charge in [-0.25, -0.2) is 4.79 Å². The third-order valence-corrected chi connectivity index (χ3v) is 16.2. The Morgan fingerprint density at radius 3 is 2.21 bits per heavy atom. The first kappa shape index (κ1) is 41.1. The monoisotopic (exact) mass is 789 g/mol. The summed E-state index contributed by atoms with van der Waals surface area (Å²) in [4.78, 5) is 48.3. The van der Waals surface area contributed by atoms with Gasteiger partial charge in [0.25, 0.3) is 5.88 Å². The summed E-state index contributed by atoms with van der Waals surface area (Å²) in [5.74, 6) is -2.73. The van der Waals surface area contributed by atoms with Crippen molar-refractivity contribution >= 4 is 37.5 Å². The molecular formula is C42H55N3O10Si. The van der Waals surface area contributed by atoms with Gasteiger partial charge in [0.1, 0.15) is 29.3 Å². The summed E-state index contributed by atoms with van der Waals surface area (Å²) in [6.07, 6.45) is -0.887. The number of benzene rings is 2. The van der Waals surface area contributed by atoms with Crippen LogP contribution in [0.3, 0.4) is 0 Å². The van der Waals surface area contributed by atoms with Crippen LogP contribution in [0, 0.1) is 11.3 Å². The summed E-state index contributed by atoms with van der Waals surface area (Å²) in [6, 6.07) is 11.9. The van der Waals surface area contributed by atoms with E-state index in [1.165, 1.54) is 6.07 Å². The van der Waals surface area contributed by atoms with E-state index in [0.29, 0.717) is 11.3 Å². The van der Waals surface area contributed by atoms with Gasteiger partial charge in [-0.2, -0.15) is 0 Å². The Kier molecular flexibility index (Phi) is 10.4. The van der Waals surface area contributed by atoms with Gasteiger partial charge in [0.2, 0.25) is 11.6 Å². The lowest BCUT2D eigenvalue weighted by Gasteiger charge is -2.58. The molecule has 0 amide bonds. The number of fused-ring (bicyclic) bond motifs is 4. The summed E-state index contributed by atoms with van der Waals surface area (Å²) in [7, 11) is 4.30. The third kappa shape index (κ3) is 6.73. The SMILES string of the molecule is CN(C)c1ccc(OC(=O)OC(C)(C)C)c2c1C[C@@]1(CO)C[C@H]3[C@H](N(C)C)c4onc(OCc5ccccc5)c4C(=O)[C@@]3(O[Si](C)(C)C(C)(C)C)C(=O)C1=C2O. The lowest BCUT2D eigenvalue weighted by molar-refractivity contribution is -0.145. The van der Waals surface area contributed by atoms with Gasteiger partial charge >= 0.3 is 6.16 Å². The zero-order valence-electron chi connectivity index (χ0n) is 34.5. The topological polar surface area (TPSA) is 161 Å². The zero-order chi connectivity index (χ0) is 41.3. The van der Waals surface area contributed by atoms with E-state index < -0.39 is 72.0 Å². The molecule has 14 heteroatoms. The fourth-order valence-electron chi connectivity index (χ4n) is 8.18. The molecule has 0 bridgehead atoms. The maximum Gasteiger partial charge on any atom is 0.514 e. The van der Waals surface area contributed by atoms with Gasteiger partial charge in [-0.1, -0.05) is 51.1 Å². The van der Waals surface area contributed by atoms with Crippen LogP contribution in [-0.4, -0.2) is 92.3 Å². The van der Waals surface area contributed by atoms with Crippen LogP contribution in [0.15, 0.2) is 52.6 Å². The van der Waals surface area contributed by atoms with Crippen molar-refractivity contribution in [2.45, 2.75) is 96.4 Å². The molecule has 302 valence electrons. The number of ether oxygens (including phenoxy) is 3. The highest BCUT2D eigenvalue weighted by Crippen LogP contribution is 2.63. The van der Waals surface area contributed by atoms with Crippen molar-refractivity contribution in [3.8, 4) is 11.6 Å². The molecule has 3 aliphatic rings. The summed E-state index contributed by atoms with van der Waals surface area (Å²) < 4.78 is 30.5. The molecule has 1 aromatic heterocycles. The Balaban J connectivity index is 1.62. The van der Waals surface area contributed by atoms with Crippen LogP contribution in [0.25, 0.3) is 5.76 Å². The lowest BCUT2D eigenvalue weighted by atomic mass is 9.51. The highest BCUT2D eigenvalue weighted by atomic mass is 28.4. The standard InChI is InChI=1S/C42H55N3O10Si/c1-39(2,3)53-38(50)52-28-19-18-27(44(7)8)25-20-41(23-46)21-26-32(45(9)10)34-30(37(43-54-34)51-22-24-16-14-13-15-17-24)35(48)42(26,55-56(11,12)40(4,5)6)36(49)31(41)33(47)29(25)28/h13-19,26,32,46-47H,20-23H2,1-12H3/t26-,32-,41-,42+/m0/s1. The number of carbonyl (C=O) groups is 3. The second-order valence-electron chi connectivity index (χ2n) is 18.2. The molecule has 3 aliphatic carbocycles. The van der Waals surface area contributed by atoms with E-state index in [0.717, 1.165) is 5.56 Å². The van der Waals surface area contributed by atoms with Crippen molar-refractivity contribution in [3.05, 3.63) is 76.1 Å². The van der Waals surface area contributed by atoms with Crippen molar-refractivity contribution in [3.63, 3.8) is 0 Å². The minimum Gasteiger partial charge on any atom is -0.507 e. The molecule has 2 aromatic carbocycles. The molecule has 0 aliphatic heterocycles. The first-order valence-electron chi connectivity index (χ1n) is 18.9. The maximum absolute atomic E-state index is 15.9. The second-order valence-corrected chi connectivity index (χ2v) is 22.9. The van der Waals surface area contributed by atoms with E-state index in [9.17, 15) is 15.0 Å². The molecule has 0 unspecified atom stereocenters. The van der Waals surface area contributed by atoms with Crippen LogP contribution in [0.4, 0.5) is 10.5 Å². The van der Waals surface area contributed by atoms with E-state index in [1.807, 2.05) is 102 Å². The Morgan fingerprint density at radius 1 is 0.982 bits per heavy atom. The van der Waals surface area contributed by atoms with E-state index in [-0.39, 0.29) is 53.5 Å². The minimum atomic E-state index is -3.02. The highest BCUT2D eigenvalue weighted by Gasteiger charge is 2.71. The van der Waals surface area contributed by atoms with E-state index in [4.69, 9.17) is 23.2 Å². The smallest absolute Gasteiger partial charge is 0.507 e.